The van der Waals surface area contributed by atoms with E-state index in [0.29, 0.717) is 23.7 Å². The van der Waals surface area contributed by atoms with Crippen molar-refractivity contribution in [2.45, 2.75) is 40.5 Å². The van der Waals surface area contributed by atoms with E-state index in [1.165, 1.54) is 0 Å². The molecule has 0 spiro atoms. The summed E-state index contributed by atoms with van der Waals surface area (Å²) in [5.41, 5.74) is 0.257. The van der Waals surface area contributed by atoms with Crippen LogP contribution >= 0.6 is 0 Å². The molecule has 2 rings (SSSR count). The first-order valence-electron chi connectivity index (χ1n) is 6.05. The molecule has 0 amide bonds. The van der Waals surface area contributed by atoms with Crippen molar-refractivity contribution in [3.63, 3.8) is 0 Å². The van der Waals surface area contributed by atoms with E-state index in [-0.39, 0.29) is 11.3 Å². The first-order chi connectivity index (χ1) is 6.82. The Kier molecular flexibility index (Phi) is 2.36. The second-order valence-electron chi connectivity index (χ2n) is 6.59. The zero-order valence-corrected chi connectivity index (χ0v) is 10.2. The Bertz CT molecular complexity index is 277. The van der Waals surface area contributed by atoms with E-state index in [0.717, 1.165) is 12.8 Å². The third kappa shape index (κ3) is 1.58. The maximum atomic E-state index is 11.2. The maximum Gasteiger partial charge on any atom is 0.306 e. The van der Waals surface area contributed by atoms with Crippen molar-refractivity contribution in [3.8, 4) is 0 Å². The molecule has 2 nitrogen and oxygen atoms in total. The van der Waals surface area contributed by atoms with Crippen LogP contribution in [0, 0.1) is 35.0 Å². The van der Waals surface area contributed by atoms with Gasteiger partial charge in [-0.2, -0.15) is 0 Å². The maximum absolute atomic E-state index is 11.2. The standard InChI is InChI=1S/C13H22O2/c1-7-8-5-9(10(6-8)12(14)15)11(7)13(2,3)4/h7-11H,5-6H2,1-4H3,(H,14,15). The lowest BCUT2D eigenvalue weighted by atomic mass is 9.64. The first-order valence-corrected chi connectivity index (χ1v) is 6.05. The van der Waals surface area contributed by atoms with Gasteiger partial charge in [0, 0.05) is 0 Å². The van der Waals surface area contributed by atoms with Crippen molar-refractivity contribution in [3.05, 3.63) is 0 Å². The Morgan fingerprint density at radius 1 is 1.27 bits per heavy atom. The second kappa shape index (κ2) is 3.23. The minimum absolute atomic E-state index is 0.0598. The van der Waals surface area contributed by atoms with Crippen LogP contribution in [0.25, 0.3) is 0 Å². The van der Waals surface area contributed by atoms with Gasteiger partial charge in [-0.1, -0.05) is 27.7 Å². The highest BCUT2D eigenvalue weighted by Crippen LogP contribution is 2.60. The van der Waals surface area contributed by atoms with Crippen LogP contribution in [0.3, 0.4) is 0 Å². The Morgan fingerprint density at radius 2 is 1.87 bits per heavy atom. The van der Waals surface area contributed by atoms with Gasteiger partial charge in [-0.3, -0.25) is 4.79 Å². The molecule has 0 aromatic carbocycles. The molecule has 0 heterocycles. The minimum Gasteiger partial charge on any atom is -0.481 e. The summed E-state index contributed by atoms with van der Waals surface area (Å²) < 4.78 is 0. The number of hydrogen-bond acceptors (Lipinski definition) is 1. The van der Waals surface area contributed by atoms with E-state index < -0.39 is 5.97 Å². The molecule has 0 radical (unpaired) electrons. The number of fused-ring (bicyclic) bond motifs is 2. The zero-order valence-electron chi connectivity index (χ0n) is 10.2. The van der Waals surface area contributed by atoms with Crippen molar-refractivity contribution in [1.29, 1.82) is 0 Å². The second-order valence-corrected chi connectivity index (χ2v) is 6.59. The van der Waals surface area contributed by atoms with Gasteiger partial charge in [0.05, 0.1) is 5.92 Å². The quantitative estimate of drug-likeness (QED) is 0.722. The molecule has 2 fully saturated rings. The van der Waals surface area contributed by atoms with E-state index in [9.17, 15) is 9.90 Å². The van der Waals surface area contributed by atoms with Crippen molar-refractivity contribution in [2.24, 2.45) is 35.0 Å². The van der Waals surface area contributed by atoms with Gasteiger partial charge < -0.3 is 5.11 Å². The predicted octanol–water partition coefficient (Wildman–Crippen LogP) is 3.03. The molecular weight excluding hydrogens is 188 g/mol. The number of hydrogen-bond donors (Lipinski definition) is 1. The van der Waals surface area contributed by atoms with Crippen LogP contribution in [0.5, 0.6) is 0 Å². The molecule has 2 aliphatic carbocycles. The fourth-order valence-corrected chi connectivity index (χ4v) is 4.34. The van der Waals surface area contributed by atoms with E-state index in [4.69, 9.17) is 0 Å². The van der Waals surface area contributed by atoms with Crippen LogP contribution in [0.4, 0.5) is 0 Å². The molecule has 0 aromatic heterocycles. The molecule has 5 unspecified atom stereocenters. The van der Waals surface area contributed by atoms with Gasteiger partial charge in [0.15, 0.2) is 0 Å². The fourth-order valence-electron chi connectivity index (χ4n) is 4.34. The summed E-state index contributed by atoms with van der Waals surface area (Å²) in [6, 6.07) is 0. The number of carboxylic acid groups (broad SMARTS) is 1. The molecule has 0 aliphatic heterocycles. The largest absolute Gasteiger partial charge is 0.481 e. The van der Waals surface area contributed by atoms with Crippen LogP contribution in [-0.2, 0) is 4.79 Å². The molecule has 1 N–H and O–H groups in total. The molecule has 86 valence electrons. The number of carbonyl (C=O) groups is 1. The predicted molar refractivity (Wildman–Crippen MR) is 59.4 cm³/mol. The van der Waals surface area contributed by atoms with Crippen molar-refractivity contribution in [2.75, 3.05) is 0 Å². The third-order valence-corrected chi connectivity index (χ3v) is 4.74. The molecule has 15 heavy (non-hydrogen) atoms. The molecule has 2 saturated carbocycles. The van der Waals surface area contributed by atoms with E-state index in [1.54, 1.807) is 0 Å². The molecule has 2 heteroatoms. The Morgan fingerprint density at radius 3 is 2.27 bits per heavy atom. The van der Waals surface area contributed by atoms with Crippen molar-refractivity contribution in [1.82, 2.24) is 0 Å². The highest BCUT2D eigenvalue weighted by atomic mass is 16.4. The summed E-state index contributed by atoms with van der Waals surface area (Å²) in [4.78, 5) is 11.2. The number of rotatable bonds is 1. The molecule has 5 atom stereocenters. The van der Waals surface area contributed by atoms with Crippen molar-refractivity contribution < 1.29 is 9.90 Å². The van der Waals surface area contributed by atoms with Gasteiger partial charge in [0.25, 0.3) is 0 Å². The van der Waals surface area contributed by atoms with Gasteiger partial charge in [0.1, 0.15) is 0 Å². The smallest absolute Gasteiger partial charge is 0.306 e. The number of aliphatic carboxylic acids is 1. The van der Waals surface area contributed by atoms with Crippen LogP contribution in [0.15, 0.2) is 0 Å². The highest BCUT2D eigenvalue weighted by molar-refractivity contribution is 5.71. The van der Waals surface area contributed by atoms with Gasteiger partial charge >= 0.3 is 5.97 Å². The summed E-state index contributed by atoms with van der Waals surface area (Å²) in [5, 5.41) is 9.21. The summed E-state index contributed by atoms with van der Waals surface area (Å²) >= 11 is 0. The lowest BCUT2D eigenvalue weighted by molar-refractivity contribution is -0.145. The third-order valence-electron chi connectivity index (χ3n) is 4.74. The summed E-state index contributed by atoms with van der Waals surface area (Å²) in [6.07, 6.45) is 2.08. The monoisotopic (exact) mass is 210 g/mol. The Balaban J connectivity index is 2.24. The van der Waals surface area contributed by atoms with Gasteiger partial charge in [0.2, 0.25) is 0 Å². The van der Waals surface area contributed by atoms with Crippen LogP contribution in [0.2, 0.25) is 0 Å². The molecular formula is C13H22O2. The van der Waals surface area contributed by atoms with E-state index in [2.05, 4.69) is 27.7 Å². The van der Waals surface area contributed by atoms with E-state index >= 15 is 0 Å². The topological polar surface area (TPSA) is 37.3 Å². The highest BCUT2D eigenvalue weighted by Gasteiger charge is 2.55. The summed E-state index contributed by atoms with van der Waals surface area (Å²) in [5.74, 6) is 1.78. The molecule has 0 saturated heterocycles. The summed E-state index contributed by atoms with van der Waals surface area (Å²) in [7, 11) is 0. The van der Waals surface area contributed by atoms with E-state index in [1.807, 2.05) is 0 Å². The molecule has 0 aromatic rings. The lowest BCUT2D eigenvalue weighted by Crippen LogP contribution is -2.38. The molecule has 2 aliphatic rings. The Hall–Kier alpha value is -0.530. The molecule has 2 bridgehead atoms. The zero-order chi connectivity index (χ0) is 11.4. The van der Waals surface area contributed by atoms with Crippen molar-refractivity contribution >= 4 is 5.97 Å². The van der Waals surface area contributed by atoms with Gasteiger partial charge in [-0.15, -0.1) is 0 Å². The van der Waals surface area contributed by atoms with Crippen LogP contribution in [0.1, 0.15) is 40.5 Å². The Labute approximate surface area is 92.1 Å². The number of carboxylic acids is 1. The van der Waals surface area contributed by atoms with Gasteiger partial charge in [-0.05, 0) is 41.9 Å². The van der Waals surface area contributed by atoms with Crippen LogP contribution in [-0.4, -0.2) is 11.1 Å². The lowest BCUT2D eigenvalue weighted by Gasteiger charge is -2.41. The normalized spacial score (nSPS) is 44.7. The first kappa shape index (κ1) is 11.0. The average Bonchev–Trinajstić information content (AvgIpc) is 2.57. The minimum atomic E-state index is -0.566. The average molecular weight is 210 g/mol. The van der Waals surface area contributed by atoms with Crippen LogP contribution < -0.4 is 0 Å². The fraction of sp³-hybridized carbons (Fsp3) is 0.923. The summed E-state index contributed by atoms with van der Waals surface area (Å²) in [6.45, 7) is 9.09. The van der Waals surface area contributed by atoms with Gasteiger partial charge in [-0.25, -0.2) is 0 Å². The SMILES string of the molecule is CC1C2CC(C(=O)O)C(C2)C1C(C)(C)C.